The molecule has 3 fully saturated rings. The van der Waals surface area contributed by atoms with Crippen LogP contribution in [0.5, 0.6) is 0 Å². The Morgan fingerprint density at radius 3 is 2.23 bits per heavy atom. The summed E-state index contributed by atoms with van der Waals surface area (Å²) in [6.45, 7) is 6.88. The van der Waals surface area contributed by atoms with E-state index in [1.807, 2.05) is 0 Å². The summed E-state index contributed by atoms with van der Waals surface area (Å²) in [6, 6.07) is 0. The van der Waals surface area contributed by atoms with Gasteiger partial charge in [0.05, 0.1) is 19.8 Å². The fourth-order valence-electron chi connectivity index (χ4n) is 4.27. The first kappa shape index (κ1) is 16.1. The maximum atomic E-state index is 6.29. The van der Waals surface area contributed by atoms with Crippen LogP contribution in [0.4, 0.5) is 0 Å². The highest BCUT2D eigenvalue weighted by Gasteiger charge is 2.38. The van der Waals surface area contributed by atoms with Crippen molar-refractivity contribution in [1.82, 2.24) is 9.80 Å². The molecule has 5 nitrogen and oxygen atoms in total. The maximum absolute atomic E-state index is 6.29. The topological polar surface area (TPSA) is 54.1 Å². The van der Waals surface area contributed by atoms with Crippen molar-refractivity contribution in [3.63, 3.8) is 0 Å². The molecule has 0 aromatic heterocycles. The third kappa shape index (κ3) is 3.74. The number of piperidine rings is 1. The van der Waals surface area contributed by atoms with Gasteiger partial charge in [0, 0.05) is 31.7 Å². The van der Waals surface area contributed by atoms with Crippen LogP contribution in [-0.4, -0.2) is 67.2 Å². The predicted molar refractivity (Wildman–Crippen MR) is 90.1 cm³/mol. The van der Waals surface area contributed by atoms with Crippen LogP contribution >= 0.6 is 0 Å². The zero-order valence-electron chi connectivity index (χ0n) is 13.9. The summed E-state index contributed by atoms with van der Waals surface area (Å²) in [6.07, 6.45) is 10.4. The summed E-state index contributed by atoms with van der Waals surface area (Å²) in [5.41, 5.74) is 6.53. The van der Waals surface area contributed by atoms with Crippen molar-refractivity contribution in [3.05, 3.63) is 0 Å². The number of guanidine groups is 1. The van der Waals surface area contributed by atoms with Gasteiger partial charge >= 0.3 is 0 Å². The van der Waals surface area contributed by atoms with E-state index in [4.69, 9.17) is 15.5 Å². The van der Waals surface area contributed by atoms with Crippen LogP contribution in [0.15, 0.2) is 4.99 Å². The molecular formula is C17H32N4O. The molecule has 3 aliphatic rings. The van der Waals surface area contributed by atoms with E-state index in [1.54, 1.807) is 0 Å². The third-order valence-corrected chi connectivity index (χ3v) is 5.68. The van der Waals surface area contributed by atoms with Crippen molar-refractivity contribution in [2.24, 2.45) is 10.7 Å². The number of rotatable bonds is 3. The van der Waals surface area contributed by atoms with E-state index >= 15 is 0 Å². The number of ether oxygens (including phenoxy) is 1. The molecule has 22 heavy (non-hydrogen) atoms. The zero-order valence-corrected chi connectivity index (χ0v) is 13.9. The molecule has 3 rings (SSSR count). The quantitative estimate of drug-likeness (QED) is 0.638. The molecule has 0 amide bonds. The molecule has 0 bridgehead atoms. The minimum Gasteiger partial charge on any atom is -0.379 e. The molecule has 0 aromatic rings. The predicted octanol–water partition coefficient (Wildman–Crippen LogP) is 1.82. The van der Waals surface area contributed by atoms with Crippen LogP contribution in [-0.2, 0) is 4.74 Å². The second kappa shape index (κ2) is 7.64. The molecular weight excluding hydrogens is 276 g/mol. The van der Waals surface area contributed by atoms with Crippen LogP contribution in [0.2, 0.25) is 0 Å². The molecule has 1 aliphatic carbocycles. The van der Waals surface area contributed by atoms with Gasteiger partial charge in [-0.1, -0.05) is 19.3 Å². The van der Waals surface area contributed by atoms with Gasteiger partial charge in [-0.2, -0.15) is 0 Å². The molecule has 0 radical (unpaired) electrons. The fraction of sp³-hybridized carbons (Fsp3) is 0.941. The number of aliphatic imine (C=N–C) groups is 1. The Morgan fingerprint density at radius 2 is 1.55 bits per heavy atom. The number of nitrogens with zero attached hydrogens (tertiary/aromatic N) is 3. The lowest BCUT2D eigenvalue weighted by molar-refractivity contribution is -0.0334. The Labute approximate surface area is 134 Å². The van der Waals surface area contributed by atoms with Gasteiger partial charge in [0.2, 0.25) is 0 Å². The van der Waals surface area contributed by atoms with E-state index in [9.17, 15) is 0 Å². The number of hydrogen-bond donors (Lipinski definition) is 1. The van der Waals surface area contributed by atoms with E-state index < -0.39 is 0 Å². The smallest absolute Gasteiger partial charge is 0.191 e. The first-order valence-electron chi connectivity index (χ1n) is 9.18. The monoisotopic (exact) mass is 308 g/mol. The van der Waals surface area contributed by atoms with Gasteiger partial charge in [0.15, 0.2) is 5.96 Å². The molecule has 2 heterocycles. The largest absolute Gasteiger partial charge is 0.379 e. The zero-order chi connectivity index (χ0) is 15.3. The molecule has 0 aromatic carbocycles. The van der Waals surface area contributed by atoms with Crippen molar-refractivity contribution in [3.8, 4) is 0 Å². The molecule has 0 atom stereocenters. The van der Waals surface area contributed by atoms with Gasteiger partial charge in [-0.3, -0.25) is 9.89 Å². The summed E-state index contributed by atoms with van der Waals surface area (Å²) < 4.78 is 5.55. The second-order valence-electron chi connectivity index (χ2n) is 7.11. The highest BCUT2D eigenvalue weighted by Crippen LogP contribution is 2.34. The van der Waals surface area contributed by atoms with Crippen LogP contribution in [0, 0.1) is 0 Å². The lowest BCUT2D eigenvalue weighted by Crippen LogP contribution is -2.56. The summed E-state index contributed by atoms with van der Waals surface area (Å²) in [5.74, 6) is 0.776. The van der Waals surface area contributed by atoms with Crippen LogP contribution in [0.1, 0.15) is 51.4 Å². The number of hydrogen-bond acceptors (Lipinski definition) is 3. The minimum atomic E-state index is 0.239. The Bertz CT molecular complexity index is 367. The number of nitrogens with two attached hydrogens (primary N) is 1. The number of likely N-dealkylation sites (tertiary alicyclic amines) is 1. The van der Waals surface area contributed by atoms with Crippen LogP contribution in [0.3, 0.4) is 0 Å². The lowest BCUT2D eigenvalue weighted by Gasteiger charge is -2.47. The fourth-order valence-corrected chi connectivity index (χ4v) is 4.27. The van der Waals surface area contributed by atoms with Crippen molar-refractivity contribution in [2.45, 2.75) is 56.9 Å². The molecule has 2 saturated heterocycles. The van der Waals surface area contributed by atoms with E-state index in [0.717, 1.165) is 51.9 Å². The molecule has 2 aliphatic heterocycles. The Morgan fingerprint density at radius 1 is 0.909 bits per heavy atom. The molecule has 0 unspecified atom stereocenters. The highest BCUT2D eigenvalue weighted by molar-refractivity contribution is 5.78. The van der Waals surface area contributed by atoms with E-state index in [0.29, 0.717) is 0 Å². The summed E-state index contributed by atoms with van der Waals surface area (Å²) in [4.78, 5) is 9.78. The van der Waals surface area contributed by atoms with E-state index in [2.05, 4.69) is 9.80 Å². The van der Waals surface area contributed by atoms with Crippen LogP contribution in [0.25, 0.3) is 0 Å². The summed E-state index contributed by atoms with van der Waals surface area (Å²) >= 11 is 0. The first-order valence-corrected chi connectivity index (χ1v) is 9.18. The Kier molecular flexibility index (Phi) is 5.58. The van der Waals surface area contributed by atoms with Gasteiger partial charge in [-0.05, 0) is 32.1 Å². The average molecular weight is 308 g/mol. The third-order valence-electron chi connectivity index (χ3n) is 5.68. The maximum Gasteiger partial charge on any atom is 0.191 e. The Balaban J connectivity index is 1.66. The summed E-state index contributed by atoms with van der Waals surface area (Å²) in [5, 5.41) is 0. The van der Waals surface area contributed by atoms with Gasteiger partial charge in [-0.15, -0.1) is 0 Å². The number of morpholine rings is 1. The Hall–Kier alpha value is -0.810. The van der Waals surface area contributed by atoms with E-state index in [1.165, 1.54) is 51.4 Å². The molecule has 126 valence electrons. The van der Waals surface area contributed by atoms with Crippen molar-refractivity contribution in [2.75, 3.05) is 45.9 Å². The standard InChI is InChI=1S/C17H32N4O/c18-16(20-9-5-2-6-10-20)19-15-17(7-3-1-4-8-17)21-11-13-22-14-12-21/h1-15H2,(H2,18,19). The van der Waals surface area contributed by atoms with Gasteiger partial charge < -0.3 is 15.4 Å². The molecule has 2 N–H and O–H groups in total. The SMILES string of the molecule is NC(=NCC1(N2CCOCC2)CCCCC1)N1CCCCC1. The van der Waals surface area contributed by atoms with E-state index in [-0.39, 0.29) is 5.54 Å². The van der Waals surface area contributed by atoms with Gasteiger partial charge in [-0.25, -0.2) is 0 Å². The van der Waals surface area contributed by atoms with Crippen molar-refractivity contribution < 1.29 is 4.74 Å². The van der Waals surface area contributed by atoms with Gasteiger partial charge in [0.25, 0.3) is 0 Å². The molecule has 0 spiro atoms. The van der Waals surface area contributed by atoms with Gasteiger partial charge in [0.1, 0.15) is 0 Å². The molecule has 1 saturated carbocycles. The van der Waals surface area contributed by atoms with Crippen LogP contribution < -0.4 is 5.73 Å². The highest BCUT2D eigenvalue weighted by atomic mass is 16.5. The normalized spacial score (nSPS) is 27.8. The first-order chi connectivity index (χ1) is 10.8. The van der Waals surface area contributed by atoms with Crippen molar-refractivity contribution in [1.29, 1.82) is 0 Å². The molecule has 5 heteroatoms. The van der Waals surface area contributed by atoms with Crippen molar-refractivity contribution >= 4 is 5.96 Å². The summed E-state index contributed by atoms with van der Waals surface area (Å²) in [7, 11) is 0. The lowest BCUT2D eigenvalue weighted by atomic mass is 9.80. The minimum absolute atomic E-state index is 0.239. The second-order valence-corrected chi connectivity index (χ2v) is 7.11. The average Bonchev–Trinajstić information content (AvgIpc) is 2.62.